The molecular weight excluding hydrogens is 229 g/mol. The van der Waals surface area contributed by atoms with Crippen molar-refractivity contribution < 1.29 is 8.78 Å². The Hall–Kier alpha value is -1.12. The molecule has 1 aliphatic rings. The Balaban J connectivity index is 2.21. The van der Waals surface area contributed by atoms with Crippen LogP contribution < -0.4 is 5.46 Å². The summed E-state index contributed by atoms with van der Waals surface area (Å²) in [4.78, 5) is 0. The van der Waals surface area contributed by atoms with Gasteiger partial charge in [-0.05, 0) is 30.8 Å². The van der Waals surface area contributed by atoms with E-state index in [1.165, 1.54) is 18.9 Å². The van der Waals surface area contributed by atoms with Crippen LogP contribution in [0.2, 0.25) is 0 Å². The summed E-state index contributed by atoms with van der Waals surface area (Å²) < 4.78 is 27.2. The van der Waals surface area contributed by atoms with Crippen molar-refractivity contribution in [2.24, 2.45) is 5.92 Å². The first kappa shape index (κ1) is 13.3. The van der Waals surface area contributed by atoms with E-state index in [-0.39, 0.29) is 5.46 Å². The molecule has 0 amide bonds. The third kappa shape index (κ3) is 2.65. The highest BCUT2D eigenvalue weighted by atomic mass is 19.2. The van der Waals surface area contributed by atoms with Crippen LogP contribution in [0.15, 0.2) is 18.2 Å². The molecule has 0 N–H and O–H groups in total. The van der Waals surface area contributed by atoms with Crippen LogP contribution in [0.1, 0.15) is 44.6 Å². The van der Waals surface area contributed by atoms with Crippen molar-refractivity contribution in [3.63, 3.8) is 0 Å². The quantitative estimate of drug-likeness (QED) is 0.712. The van der Waals surface area contributed by atoms with Crippen LogP contribution in [0.3, 0.4) is 0 Å². The van der Waals surface area contributed by atoms with Crippen LogP contribution in [0.25, 0.3) is 5.57 Å². The van der Waals surface area contributed by atoms with E-state index in [0.29, 0.717) is 11.5 Å². The van der Waals surface area contributed by atoms with Crippen molar-refractivity contribution in [2.75, 3.05) is 0 Å². The molecule has 0 saturated carbocycles. The number of allylic oxidation sites excluding steroid dienone is 2. The van der Waals surface area contributed by atoms with Crippen molar-refractivity contribution in [1.29, 1.82) is 0 Å². The van der Waals surface area contributed by atoms with E-state index in [0.717, 1.165) is 24.8 Å². The van der Waals surface area contributed by atoms with Gasteiger partial charge in [-0.2, -0.15) is 0 Å². The minimum absolute atomic E-state index is 0.128. The molecule has 1 atom stereocenters. The number of halogens is 2. The van der Waals surface area contributed by atoms with E-state index >= 15 is 0 Å². The number of benzene rings is 1. The van der Waals surface area contributed by atoms with Crippen LogP contribution in [-0.4, -0.2) is 7.85 Å². The third-order valence-electron chi connectivity index (χ3n) is 3.67. The summed E-state index contributed by atoms with van der Waals surface area (Å²) in [6.45, 7) is 2.17. The van der Waals surface area contributed by atoms with Gasteiger partial charge >= 0.3 is 0 Å². The first-order valence-electron chi connectivity index (χ1n) is 6.56. The highest BCUT2D eigenvalue weighted by molar-refractivity contribution is 6.32. The molecule has 0 nitrogen and oxygen atoms in total. The van der Waals surface area contributed by atoms with Gasteiger partial charge in [0.25, 0.3) is 0 Å². The van der Waals surface area contributed by atoms with Crippen LogP contribution >= 0.6 is 0 Å². The third-order valence-corrected chi connectivity index (χ3v) is 3.67. The topological polar surface area (TPSA) is 0 Å². The van der Waals surface area contributed by atoms with Crippen molar-refractivity contribution in [3.8, 4) is 0 Å². The van der Waals surface area contributed by atoms with Gasteiger partial charge in [0.1, 0.15) is 7.85 Å². The smallest absolute Gasteiger partial charge is 0.165 e. The summed E-state index contributed by atoms with van der Waals surface area (Å²) in [7, 11) is 5.35. The van der Waals surface area contributed by atoms with Crippen LogP contribution in [0.5, 0.6) is 0 Å². The molecule has 0 heterocycles. The van der Waals surface area contributed by atoms with Gasteiger partial charge in [-0.1, -0.05) is 43.4 Å². The second-order valence-electron chi connectivity index (χ2n) is 4.99. The lowest BCUT2D eigenvalue weighted by Crippen LogP contribution is -2.13. The van der Waals surface area contributed by atoms with Gasteiger partial charge in [0, 0.05) is 5.56 Å². The maximum atomic E-state index is 13.8. The molecule has 1 aromatic rings. The van der Waals surface area contributed by atoms with Crippen LogP contribution in [0, 0.1) is 17.6 Å². The van der Waals surface area contributed by atoms with Crippen molar-refractivity contribution in [1.82, 2.24) is 0 Å². The average Bonchev–Trinajstić information content (AvgIpc) is 2.38. The summed E-state index contributed by atoms with van der Waals surface area (Å²) in [5.74, 6) is -1.04. The molecule has 94 valence electrons. The minimum Gasteiger partial charge on any atom is -0.204 e. The largest absolute Gasteiger partial charge is 0.204 e. The Labute approximate surface area is 109 Å². The fourth-order valence-corrected chi connectivity index (χ4v) is 2.62. The lowest BCUT2D eigenvalue weighted by Gasteiger charge is -2.22. The van der Waals surface area contributed by atoms with Gasteiger partial charge in [-0.15, -0.1) is 0 Å². The first-order chi connectivity index (χ1) is 8.63. The predicted molar refractivity (Wildman–Crippen MR) is 72.0 cm³/mol. The van der Waals surface area contributed by atoms with E-state index in [1.54, 1.807) is 6.07 Å². The van der Waals surface area contributed by atoms with Gasteiger partial charge in [0.05, 0.1) is 0 Å². The molecule has 1 aromatic carbocycles. The van der Waals surface area contributed by atoms with Crippen LogP contribution in [-0.2, 0) is 0 Å². The van der Waals surface area contributed by atoms with E-state index in [9.17, 15) is 8.78 Å². The molecule has 1 unspecified atom stereocenters. The zero-order chi connectivity index (χ0) is 13.1. The second kappa shape index (κ2) is 5.68. The Morgan fingerprint density at radius 1 is 1.28 bits per heavy atom. The molecule has 0 saturated heterocycles. The monoisotopic (exact) mass is 246 g/mol. The Kier molecular flexibility index (Phi) is 4.21. The predicted octanol–water partition coefficient (Wildman–Crippen LogP) is 3.74. The Bertz CT molecular complexity index is 466. The average molecular weight is 246 g/mol. The molecule has 0 fully saturated rings. The minimum atomic E-state index is -0.927. The van der Waals surface area contributed by atoms with Crippen molar-refractivity contribution in [2.45, 2.75) is 39.0 Å². The zero-order valence-corrected chi connectivity index (χ0v) is 10.7. The molecule has 0 spiro atoms. The van der Waals surface area contributed by atoms with Crippen molar-refractivity contribution in [3.05, 3.63) is 35.4 Å². The lowest BCUT2D eigenvalue weighted by molar-refractivity contribution is 0.444. The zero-order valence-electron chi connectivity index (χ0n) is 10.7. The van der Waals surface area contributed by atoms with E-state index in [1.807, 2.05) is 0 Å². The van der Waals surface area contributed by atoms with Gasteiger partial charge in [0.2, 0.25) is 0 Å². The molecule has 2 rings (SSSR count). The maximum absolute atomic E-state index is 13.8. The number of hydrogen-bond donors (Lipinski definition) is 0. The molecule has 3 heteroatoms. The number of hydrogen-bond acceptors (Lipinski definition) is 0. The molecular formula is C15H17BF2. The molecule has 18 heavy (non-hydrogen) atoms. The van der Waals surface area contributed by atoms with Gasteiger partial charge < -0.3 is 0 Å². The van der Waals surface area contributed by atoms with Gasteiger partial charge in [-0.25, -0.2) is 8.78 Å². The van der Waals surface area contributed by atoms with Gasteiger partial charge in [0.15, 0.2) is 11.6 Å². The van der Waals surface area contributed by atoms with E-state index in [4.69, 9.17) is 7.85 Å². The summed E-state index contributed by atoms with van der Waals surface area (Å²) in [5, 5.41) is 0. The molecule has 0 aromatic heterocycles. The fraction of sp³-hybridized carbons (Fsp3) is 0.467. The Morgan fingerprint density at radius 2 is 2.06 bits per heavy atom. The Morgan fingerprint density at radius 3 is 2.67 bits per heavy atom. The fourth-order valence-electron chi connectivity index (χ4n) is 2.62. The highest BCUT2D eigenvalue weighted by Gasteiger charge is 2.19. The number of rotatable bonds is 3. The summed E-state index contributed by atoms with van der Waals surface area (Å²) >= 11 is 0. The molecule has 1 aliphatic carbocycles. The summed E-state index contributed by atoms with van der Waals surface area (Å²) in [6, 6.07) is 3.02. The molecule has 2 radical (unpaired) electrons. The van der Waals surface area contributed by atoms with E-state index in [2.05, 4.69) is 13.0 Å². The van der Waals surface area contributed by atoms with Crippen molar-refractivity contribution >= 4 is 18.9 Å². The van der Waals surface area contributed by atoms with Crippen LogP contribution in [0.4, 0.5) is 8.78 Å². The molecule has 0 bridgehead atoms. The maximum Gasteiger partial charge on any atom is 0.165 e. The second-order valence-corrected chi connectivity index (χ2v) is 4.99. The molecule has 0 aliphatic heterocycles. The standard InChI is InChI=1S/C15H17BF2/c1-2-3-10-4-6-11(7-5-10)12-8-9-13(16)15(18)14(12)17/h6,8-10H,2-5,7H2,1H3. The lowest BCUT2D eigenvalue weighted by atomic mass is 9.83. The highest BCUT2D eigenvalue weighted by Crippen LogP contribution is 2.33. The van der Waals surface area contributed by atoms with Gasteiger partial charge in [-0.3, -0.25) is 0 Å². The van der Waals surface area contributed by atoms with E-state index < -0.39 is 11.6 Å². The normalized spacial score (nSPS) is 19.7. The summed E-state index contributed by atoms with van der Waals surface area (Å²) in [5.41, 5.74) is 1.16. The summed E-state index contributed by atoms with van der Waals surface area (Å²) in [6.07, 6.45) is 7.30. The SMILES string of the molecule is [B]c1ccc(C2=CCC(CCC)CC2)c(F)c1F. The first-order valence-corrected chi connectivity index (χ1v) is 6.56.